The molecule has 0 bridgehead atoms. The van der Waals surface area contributed by atoms with Gasteiger partial charge in [0.1, 0.15) is 0 Å². The van der Waals surface area contributed by atoms with Gasteiger partial charge in [-0.25, -0.2) is 0 Å². The van der Waals surface area contributed by atoms with Crippen LogP contribution in [0.25, 0.3) is 0 Å². The minimum atomic E-state index is -0.941. The summed E-state index contributed by atoms with van der Waals surface area (Å²) in [7, 11) is 0. The van der Waals surface area contributed by atoms with Crippen molar-refractivity contribution < 1.29 is 14.1 Å². The van der Waals surface area contributed by atoms with E-state index in [0.717, 1.165) is 17.7 Å². The van der Waals surface area contributed by atoms with Crippen LogP contribution >= 0.6 is 0 Å². The first-order chi connectivity index (χ1) is 9.49. The quantitative estimate of drug-likeness (QED) is 0.689. The second kappa shape index (κ2) is 5.48. The lowest BCUT2D eigenvalue weighted by molar-refractivity contribution is -0.387. The average molecular weight is 274 g/mol. The Morgan fingerprint density at radius 1 is 1.25 bits per heavy atom. The van der Waals surface area contributed by atoms with E-state index in [1.807, 2.05) is 0 Å². The molecule has 0 radical (unpaired) electrons. The number of amides is 1. The molecule has 0 aliphatic carbocycles. The van der Waals surface area contributed by atoms with Gasteiger partial charge in [0.25, 0.3) is 5.91 Å². The number of nitrogens with zero attached hydrogens (tertiary/aromatic N) is 1. The zero-order chi connectivity index (χ0) is 14.7. The van der Waals surface area contributed by atoms with Crippen molar-refractivity contribution in [3.8, 4) is 0 Å². The van der Waals surface area contributed by atoms with Gasteiger partial charge in [0, 0.05) is 17.3 Å². The number of rotatable bonds is 3. The van der Waals surface area contributed by atoms with Gasteiger partial charge in [0.2, 0.25) is 5.82 Å². The summed E-state index contributed by atoms with van der Waals surface area (Å²) >= 11 is 0. The van der Waals surface area contributed by atoms with Gasteiger partial charge in [-0.1, -0.05) is 18.2 Å². The van der Waals surface area contributed by atoms with E-state index in [1.165, 1.54) is 6.07 Å². The van der Waals surface area contributed by atoms with Crippen LogP contribution in [0.2, 0.25) is 0 Å². The minimum Gasteiger partial charge on any atom is -0.322 e. The van der Waals surface area contributed by atoms with Crippen LogP contribution in [-0.4, -0.2) is 10.8 Å². The fourth-order valence-electron chi connectivity index (χ4n) is 1.76. The molecule has 0 spiro atoms. The van der Waals surface area contributed by atoms with E-state index in [0.29, 0.717) is 5.56 Å². The van der Waals surface area contributed by atoms with Crippen LogP contribution in [0.5, 0.6) is 0 Å². The fraction of sp³-hybridized carbons (Fsp3) is 0.0714. The third kappa shape index (κ3) is 2.80. The number of hydrogen-bond acceptors (Lipinski definition) is 3. The lowest BCUT2D eigenvalue weighted by Gasteiger charge is -2.07. The molecule has 0 saturated heterocycles. The summed E-state index contributed by atoms with van der Waals surface area (Å²) < 4.78 is 13.2. The summed E-state index contributed by atoms with van der Waals surface area (Å²) in [5.41, 5.74) is 0.736. The number of hydrogen-bond donors (Lipinski definition) is 1. The van der Waals surface area contributed by atoms with Crippen LogP contribution in [0.15, 0.2) is 42.5 Å². The molecule has 0 fully saturated rings. The van der Waals surface area contributed by atoms with E-state index in [2.05, 4.69) is 5.32 Å². The van der Waals surface area contributed by atoms with Crippen molar-refractivity contribution in [2.75, 3.05) is 5.32 Å². The van der Waals surface area contributed by atoms with Crippen molar-refractivity contribution >= 4 is 17.3 Å². The normalized spacial score (nSPS) is 10.1. The van der Waals surface area contributed by atoms with E-state index in [-0.39, 0.29) is 5.69 Å². The van der Waals surface area contributed by atoms with Gasteiger partial charge in [-0.05, 0) is 30.7 Å². The molecule has 0 aromatic heterocycles. The average Bonchev–Trinajstić information content (AvgIpc) is 2.41. The second-order valence-electron chi connectivity index (χ2n) is 4.19. The first-order valence-electron chi connectivity index (χ1n) is 5.80. The van der Waals surface area contributed by atoms with Crippen molar-refractivity contribution in [3.05, 3.63) is 69.5 Å². The van der Waals surface area contributed by atoms with E-state index in [9.17, 15) is 19.3 Å². The monoisotopic (exact) mass is 274 g/mol. The van der Waals surface area contributed by atoms with Crippen molar-refractivity contribution in [2.24, 2.45) is 0 Å². The summed E-state index contributed by atoms with van der Waals surface area (Å²) in [6.45, 7) is 1.78. The molecule has 1 N–H and O–H groups in total. The van der Waals surface area contributed by atoms with Crippen molar-refractivity contribution in [1.29, 1.82) is 0 Å². The number of benzene rings is 2. The highest BCUT2D eigenvalue weighted by Crippen LogP contribution is 2.22. The van der Waals surface area contributed by atoms with Gasteiger partial charge >= 0.3 is 5.69 Å². The highest BCUT2D eigenvalue weighted by atomic mass is 19.1. The standard InChI is InChI=1S/C14H11FN2O3/c1-9-4-2-3-5-11(9)14(18)16-10-6-7-12(15)13(8-10)17(19)20/h2-8H,1H3,(H,16,18). The Morgan fingerprint density at radius 2 is 1.95 bits per heavy atom. The first kappa shape index (κ1) is 13.7. The molecule has 2 rings (SSSR count). The number of nitro benzene ring substituents is 1. The molecule has 20 heavy (non-hydrogen) atoms. The molecule has 6 heteroatoms. The Morgan fingerprint density at radius 3 is 2.60 bits per heavy atom. The number of carbonyl (C=O) groups is 1. The summed E-state index contributed by atoms with van der Waals surface area (Å²) in [5.74, 6) is -1.34. The molecule has 5 nitrogen and oxygen atoms in total. The maximum Gasteiger partial charge on any atom is 0.306 e. The molecule has 0 unspecified atom stereocenters. The highest BCUT2D eigenvalue weighted by Gasteiger charge is 2.16. The summed E-state index contributed by atoms with van der Waals surface area (Å²) in [6.07, 6.45) is 0. The molecule has 102 valence electrons. The van der Waals surface area contributed by atoms with Crippen molar-refractivity contribution in [2.45, 2.75) is 6.92 Å². The van der Waals surface area contributed by atoms with Gasteiger partial charge in [-0.3, -0.25) is 14.9 Å². The number of aryl methyl sites for hydroxylation is 1. The van der Waals surface area contributed by atoms with Crippen LogP contribution in [0.4, 0.5) is 15.8 Å². The number of halogens is 1. The molecule has 2 aromatic rings. The van der Waals surface area contributed by atoms with E-state index >= 15 is 0 Å². The maximum absolute atomic E-state index is 13.2. The highest BCUT2D eigenvalue weighted by molar-refractivity contribution is 6.05. The van der Waals surface area contributed by atoms with Crippen molar-refractivity contribution in [1.82, 2.24) is 0 Å². The number of nitrogens with one attached hydrogen (secondary N) is 1. The minimum absolute atomic E-state index is 0.173. The number of anilines is 1. The third-order valence-electron chi connectivity index (χ3n) is 2.79. The second-order valence-corrected chi connectivity index (χ2v) is 4.19. The molecule has 0 aliphatic heterocycles. The first-order valence-corrected chi connectivity index (χ1v) is 5.80. The molecule has 1 amide bonds. The van der Waals surface area contributed by atoms with Crippen molar-refractivity contribution in [3.63, 3.8) is 0 Å². The van der Waals surface area contributed by atoms with Crippen LogP contribution in [0, 0.1) is 22.9 Å². The molecule has 0 aliphatic rings. The summed E-state index contributed by atoms with van der Waals surface area (Å²) in [4.78, 5) is 21.8. The topological polar surface area (TPSA) is 72.2 Å². The van der Waals surface area contributed by atoms with Gasteiger partial charge in [-0.2, -0.15) is 4.39 Å². The maximum atomic E-state index is 13.2. The van der Waals surface area contributed by atoms with Gasteiger partial charge in [-0.15, -0.1) is 0 Å². The smallest absolute Gasteiger partial charge is 0.306 e. The number of carbonyl (C=O) groups excluding carboxylic acids is 1. The van der Waals surface area contributed by atoms with Crippen LogP contribution in [0.1, 0.15) is 15.9 Å². The van der Waals surface area contributed by atoms with Gasteiger partial charge in [0.15, 0.2) is 0 Å². The Balaban J connectivity index is 2.27. The third-order valence-corrected chi connectivity index (χ3v) is 2.79. The predicted octanol–water partition coefficient (Wildman–Crippen LogP) is 3.29. The molecule has 0 heterocycles. The molecular formula is C14H11FN2O3. The number of nitro groups is 1. The predicted molar refractivity (Wildman–Crippen MR) is 72.2 cm³/mol. The largest absolute Gasteiger partial charge is 0.322 e. The molecule has 2 aromatic carbocycles. The molecule has 0 atom stereocenters. The van der Waals surface area contributed by atoms with Crippen LogP contribution in [0.3, 0.4) is 0 Å². The molecular weight excluding hydrogens is 263 g/mol. The van der Waals surface area contributed by atoms with Gasteiger partial charge in [0.05, 0.1) is 4.92 Å². The summed E-state index contributed by atoms with van der Waals surface area (Å²) in [6, 6.07) is 10.2. The van der Waals surface area contributed by atoms with E-state index in [1.54, 1.807) is 31.2 Å². The zero-order valence-corrected chi connectivity index (χ0v) is 10.6. The van der Waals surface area contributed by atoms with E-state index in [4.69, 9.17) is 0 Å². The molecule has 0 saturated carbocycles. The van der Waals surface area contributed by atoms with Crippen LogP contribution < -0.4 is 5.32 Å². The Bertz CT molecular complexity index is 686. The SMILES string of the molecule is Cc1ccccc1C(=O)Nc1ccc(F)c([N+](=O)[O-])c1. The summed E-state index contributed by atoms with van der Waals surface area (Å²) in [5, 5.41) is 13.1. The lowest BCUT2D eigenvalue weighted by Crippen LogP contribution is -2.13. The zero-order valence-electron chi connectivity index (χ0n) is 10.6. The van der Waals surface area contributed by atoms with E-state index < -0.39 is 22.3 Å². The fourth-order valence-corrected chi connectivity index (χ4v) is 1.76. The Labute approximate surface area is 114 Å². The Kier molecular flexibility index (Phi) is 3.74. The Hall–Kier alpha value is -2.76. The lowest BCUT2D eigenvalue weighted by atomic mass is 10.1. The van der Waals surface area contributed by atoms with Crippen LogP contribution in [-0.2, 0) is 0 Å². The van der Waals surface area contributed by atoms with Gasteiger partial charge < -0.3 is 5.32 Å².